The summed E-state index contributed by atoms with van der Waals surface area (Å²) in [5, 5.41) is 17.1. The van der Waals surface area contributed by atoms with Gasteiger partial charge in [-0.15, -0.1) is 0 Å². The lowest BCUT2D eigenvalue weighted by atomic mass is 10.1. The molecule has 0 fully saturated rings. The van der Waals surface area contributed by atoms with Crippen LogP contribution < -0.4 is 10.6 Å². The molecule has 20 heavy (non-hydrogen) atoms. The summed E-state index contributed by atoms with van der Waals surface area (Å²) in [7, 11) is 0. The first-order valence-corrected chi connectivity index (χ1v) is 7.36. The minimum Gasteiger partial charge on any atom is -0.387 e. The number of guanidine groups is 1. The maximum Gasteiger partial charge on any atom is 0.191 e. The fourth-order valence-electron chi connectivity index (χ4n) is 1.61. The molecule has 0 bridgehead atoms. The van der Waals surface area contributed by atoms with Crippen LogP contribution in [0.3, 0.4) is 0 Å². The molecule has 0 heterocycles. The van der Waals surface area contributed by atoms with Crippen molar-refractivity contribution in [2.75, 3.05) is 19.6 Å². The summed E-state index contributed by atoms with van der Waals surface area (Å²) in [6.07, 6.45) is -0.588. The van der Waals surface area contributed by atoms with Gasteiger partial charge < -0.3 is 15.7 Å². The molecule has 0 aliphatic heterocycles. The highest BCUT2D eigenvalue weighted by atomic mass is 35.5. The number of aliphatic hydroxyl groups is 1. The van der Waals surface area contributed by atoms with Gasteiger partial charge in [-0.05, 0) is 30.5 Å². The Hall–Kier alpha value is -1.26. The van der Waals surface area contributed by atoms with E-state index in [4.69, 9.17) is 11.6 Å². The van der Waals surface area contributed by atoms with E-state index < -0.39 is 6.10 Å². The SMILES string of the molecule is CCNC(=NCC(C)C)NCC(O)c1ccc(Cl)cc1. The monoisotopic (exact) mass is 297 g/mol. The number of aliphatic imine (C=N–C) groups is 1. The standard InChI is InChI=1S/C15H24ClN3O/c1-4-17-15(18-9-11(2)3)19-10-14(20)12-5-7-13(16)8-6-12/h5-8,11,14,20H,4,9-10H2,1-3H3,(H2,17,18,19). The van der Waals surface area contributed by atoms with E-state index in [-0.39, 0.29) is 0 Å². The quantitative estimate of drug-likeness (QED) is 0.559. The second-order valence-corrected chi connectivity index (χ2v) is 5.50. The average molecular weight is 298 g/mol. The number of benzene rings is 1. The number of nitrogens with one attached hydrogen (secondary N) is 2. The molecule has 0 saturated heterocycles. The number of hydrogen-bond donors (Lipinski definition) is 3. The molecule has 4 nitrogen and oxygen atoms in total. The van der Waals surface area contributed by atoms with E-state index in [1.165, 1.54) is 0 Å². The van der Waals surface area contributed by atoms with Crippen LogP contribution in [0.4, 0.5) is 0 Å². The average Bonchev–Trinajstić information content (AvgIpc) is 2.42. The van der Waals surface area contributed by atoms with Gasteiger partial charge in [0.25, 0.3) is 0 Å². The van der Waals surface area contributed by atoms with Crippen molar-refractivity contribution in [3.63, 3.8) is 0 Å². The molecule has 112 valence electrons. The zero-order chi connectivity index (χ0) is 15.0. The zero-order valence-corrected chi connectivity index (χ0v) is 13.1. The molecular weight excluding hydrogens is 274 g/mol. The molecule has 1 unspecified atom stereocenters. The number of hydrogen-bond acceptors (Lipinski definition) is 2. The first kappa shape index (κ1) is 16.8. The fraction of sp³-hybridized carbons (Fsp3) is 0.533. The molecule has 0 radical (unpaired) electrons. The highest BCUT2D eigenvalue weighted by molar-refractivity contribution is 6.30. The number of aliphatic hydroxyl groups excluding tert-OH is 1. The van der Waals surface area contributed by atoms with Gasteiger partial charge in [-0.2, -0.15) is 0 Å². The first-order valence-electron chi connectivity index (χ1n) is 6.98. The maximum absolute atomic E-state index is 10.1. The van der Waals surface area contributed by atoms with Gasteiger partial charge in [-0.1, -0.05) is 37.6 Å². The van der Waals surface area contributed by atoms with Crippen LogP contribution in [0.5, 0.6) is 0 Å². The minimum atomic E-state index is -0.588. The van der Waals surface area contributed by atoms with E-state index >= 15 is 0 Å². The summed E-state index contributed by atoms with van der Waals surface area (Å²) >= 11 is 5.83. The smallest absolute Gasteiger partial charge is 0.191 e. The van der Waals surface area contributed by atoms with E-state index in [2.05, 4.69) is 29.5 Å². The van der Waals surface area contributed by atoms with Crippen LogP contribution in [-0.2, 0) is 0 Å². The van der Waals surface area contributed by atoms with Crippen molar-refractivity contribution in [2.24, 2.45) is 10.9 Å². The van der Waals surface area contributed by atoms with Gasteiger partial charge in [0, 0.05) is 24.7 Å². The second-order valence-electron chi connectivity index (χ2n) is 5.06. The Bertz CT molecular complexity index is 418. The molecule has 1 rings (SSSR count). The molecule has 1 aromatic rings. The summed E-state index contributed by atoms with van der Waals surface area (Å²) in [6, 6.07) is 7.20. The summed E-state index contributed by atoms with van der Waals surface area (Å²) in [5.74, 6) is 1.24. The highest BCUT2D eigenvalue weighted by Gasteiger charge is 2.08. The molecule has 0 spiro atoms. The lowest BCUT2D eigenvalue weighted by Crippen LogP contribution is -2.39. The van der Waals surface area contributed by atoms with Crippen molar-refractivity contribution in [3.8, 4) is 0 Å². The fourth-order valence-corrected chi connectivity index (χ4v) is 1.74. The molecule has 5 heteroatoms. The van der Waals surface area contributed by atoms with E-state index in [1.807, 2.05) is 19.1 Å². The molecule has 0 saturated carbocycles. The van der Waals surface area contributed by atoms with Crippen molar-refractivity contribution in [3.05, 3.63) is 34.9 Å². The summed E-state index contributed by atoms with van der Waals surface area (Å²) in [6.45, 7) is 8.21. The Labute approximate surface area is 126 Å². The second kappa shape index (κ2) is 8.82. The van der Waals surface area contributed by atoms with Gasteiger partial charge in [-0.25, -0.2) is 0 Å². The Morgan fingerprint density at radius 2 is 1.90 bits per heavy atom. The topological polar surface area (TPSA) is 56.7 Å². The van der Waals surface area contributed by atoms with Gasteiger partial charge in [0.1, 0.15) is 0 Å². The third kappa shape index (κ3) is 6.26. The lowest BCUT2D eigenvalue weighted by Gasteiger charge is -2.16. The van der Waals surface area contributed by atoms with Gasteiger partial charge in [0.05, 0.1) is 6.10 Å². The van der Waals surface area contributed by atoms with Gasteiger partial charge in [0.15, 0.2) is 5.96 Å². The summed E-state index contributed by atoms with van der Waals surface area (Å²) in [5.41, 5.74) is 0.835. The van der Waals surface area contributed by atoms with Gasteiger partial charge in [0.2, 0.25) is 0 Å². The predicted octanol–water partition coefficient (Wildman–Crippen LogP) is 2.58. The van der Waals surface area contributed by atoms with Crippen LogP contribution >= 0.6 is 11.6 Å². The predicted molar refractivity (Wildman–Crippen MR) is 85.2 cm³/mol. The van der Waals surface area contributed by atoms with E-state index in [0.29, 0.717) is 17.5 Å². The van der Waals surface area contributed by atoms with Crippen molar-refractivity contribution in [2.45, 2.75) is 26.9 Å². The molecular formula is C15H24ClN3O. The zero-order valence-electron chi connectivity index (χ0n) is 12.4. The van der Waals surface area contributed by atoms with Crippen molar-refractivity contribution in [1.29, 1.82) is 0 Å². The van der Waals surface area contributed by atoms with Crippen LogP contribution in [0.1, 0.15) is 32.4 Å². The summed E-state index contributed by atoms with van der Waals surface area (Å²) < 4.78 is 0. The molecule has 0 amide bonds. The maximum atomic E-state index is 10.1. The minimum absolute atomic E-state index is 0.408. The Morgan fingerprint density at radius 1 is 1.25 bits per heavy atom. The summed E-state index contributed by atoms with van der Waals surface area (Å²) in [4.78, 5) is 4.45. The van der Waals surface area contributed by atoms with Gasteiger partial charge >= 0.3 is 0 Å². The molecule has 0 aliphatic rings. The van der Waals surface area contributed by atoms with Crippen LogP contribution in [0.2, 0.25) is 5.02 Å². The van der Waals surface area contributed by atoms with Crippen LogP contribution in [0.25, 0.3) is 0 Å². The number of halogens is 1. The number of nitrogens with zero attached hydrogens (tertiary/aromatic N) is 1. The van der Waals surface area contributed by atoms with E-state index in [0.717, 1.165) is 24.6 Å². The Kier molecular flexibility index (Phi) is 7.41. The van der Waals surface area contributed by atoms with Crippen LogP contribution in [-0.4, -0.2) is 30.7 Å². The van der Waals surface area contributed by atoms with Crippen LogP contribution in [0, 0.1) is 5.92 Å². The third-order valence-corrected chi connectivity index (χ3v) is 2.93. The normalized spacial score (nSPS) is 13.4. The number of rotatable bonds is 6. The van der Waals surface area contributed by atoms with Crippen molar-refractivity contribution >= 4 is 17.6 Å². The van der Waals surface area contributed by atoms with Crippen molar-refractivity contribution < 1.29 is 5.11 Å². The highest BCUT2D eigenvalue weighted by Crippen LogP contribution is 2.15. The largest absolute Gasteiger partial charge is 0.387 e. The third-order valence-electron chi connectivity index (χ3n) is 2.68. The molecule has 0 aliphatic carbocycles. The van der Waals surface area contributed by atoms with E-state index in [1.54, 1.807) is 12.1 Å². The molecule has 0 aromatic heterocycles. The molecule has 3 N–H and O–H groups in total. The first-order chi connectivity index (χ1) is 9.52. The molecule has 1 atom stereocenters. The lowest BCUT2D eigenvalue weighted by molar-refractivity contribution is 0.181. The Morgan fingerprint density at radius 3 is 2.45 bits per heavy atom. The van der Waals surface area contributed by atoms with Crippen LogP contribution in [0.15, 0.2) is 29.3 Å². The van der Waals surface area contributed by atoms with E-state index in [9.17, 15) is 5.11 Å². The molecule has 1 aromatic carbocycles. The Balaban J connectivity index is 2.53. The van der Waals surface area contributed by atoms with Crippen molar-refractivity contribution in [1.82, 2.24) is 10.6 Å². The van der Waals surface area contributed by atoms with Gasteiger partial charge in [-0.3, -0.25) is 4.99 Å².